The average molecular weight is 391 g/mol. The van der Waals surface area contributed by atoms with Gasteiger partial charge in [0.05, 0.1) is 5.69 Å². The number of halogens is 1. The first-order chi connectivity index (χ1) is 11.5. The first-order valence-electron chi connectivity index (χ1n) is 8.21. The molecule has 0 bridgehead atoms. The van der Waals surface area contributed by atoms with Crippen molar-refractivity contribution < 1.29 is 4.79 Å². The molecule has 0 radical (unpaired) electrons. The molecule has 128 valence electrons. The van der Waals surface area contributed by atoms with Crippen LogP contribution in [0.25, 0.3) is 0 Å². The van der Waals surface area contributed by atoms with Crippen LogP contribution in [0.3, 0.4) is 0 Å². The number of carbonyl (C=O) groups excluding carboxylic acids is 1. The summed E-state index contributed by atoms with van der Waals surface area (Å²) in [5.41, 5.74) is 2.05. The van der Waals surface area contributed by atoms with Gasteiger partial charge < -0.3 is 10.2 Å². The molecule has 6 heteroatoms. The van der Waals surface area contributed by atoms with Crippen molar-refractivity contribution in [3.8, 4) is 0 Å². The molecule has 0 saturated carbocycles. The second-order valence-electron chi connectivity index (χ2n) is 5.62. The Morgan fingerprint density at radius 2 is 1.83 bits per heavy atom. The molecule has 0 atom stereocenters. The van der Waals surface area contributed by atoms with Crippen LogP contribution < -0.4 is 5.32 Å². The number of rotatable bonds is 7. The number of benzene rings is 1. The van der Waals surface area contributed by atoms with E-state index in [1.165, 1.54) is 0 Å². The summed E-state index contributed by atoms with van der Waals surface area (Å²) in [4.78, 5) is 23.4. The highest BCUT2D eigenvalue weighted by molar-refractivity contribution is 9.10. The molecule has 0 aliphatic heterocycles. The van der Waals surface area contributed by atoms with Crippen LogP contribution in [0.5, 0.6) is 0 Å². The van der Waals surface area contributed by atoms with Gasteiger partial charge in [0, 0.05) is 23.3 Å². The van der Waals surface area contributed by atoms with Gasteiger partial charge in [-0.3, -0.25) is 4.79 Å². The van der Waals surface area contributed by atoms with Crippen molar-refractivity contribution in [2.75, 3.05) is 18.4 Å². The highest BCUT2D eigenvalue weighted by atomic mass is 79.9. The minimum atomic E-state index is -0.0422. The molecule has 0 aliphatic rings. The van der Waals surface area contributed by atoms with Crippen LogP contribution in [-0.2, 0) is 0 Å². The lowest BCUT2D eigenvalue weighted by Gasteiger charge is -2.21. The predicted molar refractivity (Wildman–Crippen MR) is 101 cm³/mol. The van der Waals surface area contributed by atoms with Gasteiger partial charge in [0.1, 0.15) is 5.69 Å². The second-order valence-corrected chi connectivity index (χ2v) is 6.47. The molecular weight excluding hydrogens is 368 g/mol. The Morgan fingerprint density at radius 1 is 1.17 bits per heavy atom. The fourth-order valence-electron chi connectivity index (χ4n) is 2.43. The molecule has 0 aliphatic carbocycles. The Hall–Kier alpha value is -1.95. The van der Waals surface area contributed by atoms with Gasteiger partial charge in [0.2, 0.25) is 5.95 Å². The van der Waals surface area contributed by atoms with Gasteiger partial charge in [0.15, 0.2) is 0 Å². The molecule has 5 nitrogen and oxygen atoms in total. The SMILES string of the molecule is CCCN(CCC)C(=O)c1cc(C)nc(Nc2ccccc2Br)n1. The quantitative estimate of drug-likeness (QED) is 0.752. The fraction of sp³-hybridized carbons (Fsp3) is 0.389. The topological polar surface area (TPSA) is 58.1 Å². The Morgan fingerprint density at radius 3 is 2.46 bits per heavy atom. The molecule has 0 unspecified atom stereocenters. The number of nitrogens with zero attached hydrogens (tertiary/aromatic N) is 3. The monoisotopic (exact) mass is 390 g/mol. The molecule has 24 heavy (non-hydrogen) atoms. The van der Waals surface area contributed by atoms with Crippen molar-refractivity contribution in [1.29, 1.82) is 0 Å². The lowest BCUT2D eigenvalue weighted by atomic mass is 10.2. The highest BCUT2D eigenvalue weighted by Gasteiger charge is 2.17. The smallest absolute Gasteiger partial charge is 0.272 e. The molecule has 1 aromatic heterocycles. The summed E-state index contributed by atoms with van der Waals surface area (Å²) in [6, 6.07) is 9.48. The van der Waals surface area contributed by atoms with Crippen LogP contribution >= 0.6 is 15.9 Å². The van der Waals surface area contributed by atoms with Crippen LogP contribution in [0.15, 0.2) is 34.8 Å². The molecule has 2 aromatic rings. The van der Waals surface area contributed by atoms with Crippen molar-refractivity contribution in [2.45, 2.75) is 33.6 Å². The van der Waals surface area contributed by atoms with Crippen LogP contribution in [0.4, 0.5) is 11.6 Å². The van der Waals surface area contributed by atoms with Gasteiger partial charge in [-0.25, -0.2) is 9.97 Å². The molecule has 1 N–H and O–H groups in total. The van der Waals surface area contributed by atoms with E-state index in [1.807, 2.05) is 36.1 Å². The molecule has 2 rings (SSSR count). The van der Waals surface area contributed by atoms with E-state index >= 15 is 0 Å². The Bertz CT molecular complexity index is 699. The standard InChI is InChI=1S/C18H23BrN4O/c1-4-10-23(11-5-2)17(24)16-12-13(3)20-18(22-16)21-15-9-7-6-8-14(15)19/h6-9,12H,4-5,10-11H2,1-3H3,(H,20,21,22). The molecule has 0 spiro atoms. The summed E-state index contributed by atoms with van der Waals surface area (Å²) in [6.07, 6.45) is 1.86. The van der Waals surface area contributed by atoms with E-state index in [4.69, 9.17) is 0 Å². The number of anilines is 2. The fourth-order valence-corrected chi connectivity index (χ4v) is 2.82. The first-order valence-corrected chi connectivity index (χ1v) is 9.01. The third-order valence-corrected chi connectivity index (χ3v) is 4.16. The molecule has 0 fully saturated rings. The number of aryl methyl sites for hydroxylation is 1. The van der Waals surface area contributed by atoms with Crippen molar-refractivity contribution in [2.24, 2.45) is 0 Å². The van der Waals surface area contributed by atoms with Gasteiger partial charge in [-0.2, -0.15) is 0 Å². The highest BCUT2D eigenvalue weighted by Crippen LogP contribution is 2.24. The Balaban J connectivity index is 2.27. The van der Waals surface area contributed by atoms with Gasteiger partial charge in [-0.15, -0.1) is 0 Å². The zero-order chi connectivity index (χ0) is 17.5. The molecule has 0 saturated heterocycles. The van der Waals surface area contributed by atoms with E-state index in [0.29, 0.717) is 11.6 Å². The maximum Gasteiger partial charge on any atom is 0.272 e. The third kappa shape index (κ3) is 4.77. The van der Waals surface area contributed by atoms with Gasteiger partial charge in [-0.1, -0.05) is 26.0 Å². The van der Waals surface area contributed by atoms with Crippen molar-refractivity contribution in [3.63, 3.8) is 0 Å². The van der Waals surface area contributed by atoms with Gasteiger partial charge in [0.25, 0.3) is 5.91 Å². The summed E-state index contributed by atoms with van der Waals surface area (Å²) in [5.74, 6) is 0.387. The maximum atomic E-state index is 12.7. The number of nitrogens with one attached hydrogen (secondary N) is 1. The van der Waals surface area contributed by atoms with E-state index in [1.54, 1.807) is 6.07 Å². The second kappa shape index (κ2) is 8.78. The lowest BCUT2D eigenvalue weighted by Crippen LogP contribution is -2.33. The van der Waals surface area contributed by atoms with Crippen LogP contribution in [-0.4, -0.2) is 33.9 Å². The minimum absolute atomic E-state index is 0.0422. The third-order valence-electron chi connectivity index (χ3n) is 3.47. The van der Waals surface area contributed by atoms with Crippen LogP contribution in [0, 0.1) is 6.92 Å². The van der Waals surface area contributed by atoms with E-state index in [0.717, 1.165) is 41.8 Å². The zero-order valence-corrected chi connectivity index (χ0v) is 15.9. The van der Waals surface area contributed by atoms with E-state index in [-0.39, 0.29) is 5.91 Å². The van der Waals surface area contributed by atoms with E-state index < -0.39 is 0 Å². The first kappa shape index (κ1) is 18.4. The minimum Gasteiger partial charge on any atom is -0.337 e. The number of para-hydroxylation sites is 1. The van der Waals surface area contributed by atoms with Gasteiger partial charge in [-0.05, 0) is 53.9 Å². The number of aromatic nitrogens is 2. The average Bonchev–Trinajstić information content (AvgIpc) is 2.55. The molecule has 1 heterocycles. The maximum absolute atomic E-state index is 12.7. The number of carbonyl (C=O) groups is 1. The molecule has 1 amide bonds. The van der Waals surface area contributed by atoms with Crippen molar-refractivity contribution in [3.05, 3.63) is 46.2 Å². The summed E-state index contributed by atoms with van der Waals surface area (Å²) < 4.78 is 0.918. The molecule has 1 aromatic carbocycles. The summed E-state index contributed by atoms with van der Waals surface area (Å²) in [7, 11) is 0. The lowest BCUT2D eigenvalue weighted by molar-refractivity contribution is 0.0749. The summed E-state index contributed by atoms with van der Waals surface area (Å²) >= 11 is 3.49. The van der Waals surface area contributed by atoms with E-state index in [9.17, 15) is 4.79 Å². The summed E-state index contributed by atoms with van der Waals surface area (Å²) in [6.45, 7) is 7.49. The predicted octanol–water partition coefficient (Wildman–Crippen LogP) is 4.55. The van der Waals surface area contributed by atoms with E-state index in [2.05, 4.69) is 45.1 Å². The number of hydrogen-bond donors (Lipinski definition) is 1. The number of amides is 1. The van der Waals surface area contributed by atoms with Crippen LogP contribution in [0.2, 0.25) is 0 Å². The van der Waals surface area contributed by atoms with Crippen molar-refractivity contribution >= 4 is 33.5 Å². The van der Waals surface area contributed by atoms with Crippen molar-refractivity contribution in [1.82, 2.24) is 14.9 Å². The summed E-state index contributed by atoms with van der Waals surface area (Å²) in [5, 5.41) is 3.17. The Labute approximate surface area is 151 Å². The van der Waals surface area contributed by atoms with Gasteiger partial charge >= 0.3 is 0 Å². The number of hydrogen-bond acceptors (Lipinski definition) is 4. The normalized spacial score (nSPS) is 10.5. The largest absolute Gasteiger partial charge is 0.337 e. The zero-order valence-electron chi connectivity index (χ0n) is 14.3. The van der Waals surface area contributed by atoms with Crippen LogP contribution in [0.1, 0.15) is 42.9 Å². The molecular formula is C18H23BrN4O. The Kier molecular flexibility index (Phi) is 6.73.